The number of esters is 2. The van der Waals surface area contributed by atoms with Gasteiger partial charge in [-0.1, -0.05) is 12.6 Å². The van der Waals surface area contributed by atoms with E-state index in [1.165, 1.54) is 6.08 Å². The van der Waals surface area contributed by atoms with Crippen LogP contribution in [0.2, 0.25) is 0 Å². The van der Waals surface area contributed by atoms with E-state index in [0.717, 1.165) is 31.2 Å². The Morgan fingerprint density at radius 2 is 1.59 bits per heavy atom. The minimum atomic E-state index is -0.389. The van der Waals surface area contributed by atoms with Crippen molar-refractivity contribution in [2.45, 2.75) is 32.6 Å². The zero-order chi connectivity index (χ0) is 20.1. The Hall–Kier alpha value is -2.76. The molecule has 0 aromatic heterocycles. The van der Waals surface area contributed by atoms with Gasteiger partial charge in [-0.15, -0.1) is 0 Å². The van der Waals surface area contributed by atoms with Crippen LogP contribution in [-0.4, -0.2) is 39.4 Å². The molecule has 0 aliphatic rings. The van der Waals surface area contributed by atoms with Crippen molar-refractivity contribution in [3.63, 3.8) is 0 Å². The Labute approximate surface area is 160 Å². The largest absolute Gasteiger partial charge is 0.493 e. The molecule has 0 spiro atoms. The Morgan fingerprint density at radius 1 is 0.963 bits per heavy atom. The minimum absolute atomic E-state index is 0.356. The second kappa shape index (κ2) is 12.6. The first-order valence-corrected chi connectivity index (χ1v) is 8.87. The van der Waals surface area contributed by atoms with Gasteiger partial charge in [0, 0.05) is 11.6 Å². The number of carbonyl (C=O) groups excluding carboxylic acids is 2. The van der Waals surface area contributed by atoms with Crippen molar-refractivity contribution in [3.8, 4) is 11.5 Å². The average molecular weight is 376 g/mol. The van der Waals surface area contributed by atoms with Crippen LogP contribution in [0.3, 0.4) is 0 Å². The Kier molecular flexibility index (Phi) is 10.4. The number of hydrogen-bond acceptors (Lipinski definition) is 6. The molecule has 0 radical (unpaired) electrons. The van der Waals surface area contributed by atoms with Crippen molar-refractivity contribution < 1.29 is 28.5 Å². The van der Waals surface area contributed by atoms with Gasteiger partial charge in [0.15, 0.2) is 11.5 Å². The van der Waals surface area contributed by atoms with Crippen LogP contribution in [0.5, 0.6) is 11.5 Å². The molecule has 0 atom stereocenters. The molecule has 0 bridgehead atoms. The third-order valence-electron chi connectivity index (χ3n) is 3.68. The van der Waals surface area contributed by atoms with E-state index in [4.69, 9.17) is 18.9 Å². The SMILES string of the molecule is C=C(C)C(=O)OCCCCCCOC(=O)C=Cc1ccc(OC)c(OC)c1. The van der Waals surface area contributed by atoms with E-state index < -0.39 is 0 Å². The summed E-state index contributed by atoms with van der Waals surface area (Å²) in [7, 11) is 3.13. The van der Waals surface area contributed by atoms with Crippen LogP contribution in [0.4, 0.5) is 0 Å². The lowest BCUT2D eigenvalue weighted by Gasteiger charge is -2.07. The van der Waals surface area contributed by atoms with Crippen LogP contribution < -0.4 is 9.47 Å². The fourth-order valence-electron chi connectivity index (χ4n) is 2.19. The second-order valence-corrected chi connectivity index (χ2v) is 5.95. The van der Waals surface area contributed by atoms with E-state index in [-0.39, 0.29) is 11.9 Å². The van der Waals surface area contributed by atoms with Crippen molar-refractivity contribution in [3.05, 3.63) is 42.0 Å². The maximum absolute atomic E-state index is 11.7. The summed E-state index contributed by atoms with van der Waals surface area (Å²) in [6, 6.07) is 5.38. The lowest BCUT2D eigenvalue weighted by Crippen LogP contribution is -2.06. The van der Waals surface area contributed by atoms with E-state index in [0.29, 0.717) is 30.3 Å². The zero-order valence-electron chi connectivity index (χ0n) is 16.3. The van der Waals surface area contributed by atoms with Gasteiger partial charge < -0.3 is 18.9 Å². The molecule has 148 valence electrons. The van der Waals surface area contributed by atoms with E-state index in [1.807, 2.05) is 6.07 Å². The highest BCUT2D eigenvalue weighted by atomic mass is 16.5. The van der Waals surface area contributed by atoms with Gasteiger partial charge in [0.1, 0.15) is 0 Å². The summed E-state index contributed by atoms with van der Waals surface area (Å²) in [5, 5.41) is 0. The van der Waals surface area contributed by atoms with Gasteiger partial charge in [-0.25, -0.2) is 9.59 Å². The van der Waals surface area contributed by atoms with Crippen LogP contribution in [0.25, 0.3) is 6.08 Å². The Bertz CT molecular complexity index is 663. The van der Waals surface area contributed by atoms with Gasteiger partial charge >= 0.3 is 11.9 Å². The molecule has 1 aromatic rings. The second-order valence-electron chi connectivity index (χ2n) is 5.95. The Morgan fingerprint density at radius 3 is 2.19 bits per heavy atom. The number of carbonyl (C=O) groups is 2. The summed E-state index contributed by atoms with van der Waals surface area (Å²) < 4.78 is 20.6. The zero-order valence-corrected chi connectivity index (χ0v) is 16.3. The number of hydrogen-bond donors (Lipinski definition) is 0. The average Bonchev–Trinajstić information content (AvgIpc) is 2.67. The van der Waals surface area contributed by atoms with Crippen LogP contribution in [0.1, 0.15) is 38.2 Å². The van der Waals surface area contributed by atoms with Crippen LogP contribution in [0.15, 0.2) is 36.4 Å². The normalized spacial score (nSPS) is 10.5. The topological polar surface area (TPSA) is 71.1 Å². The molecule has 6 heteroatoms. The predicted octanol–water partition coefficient (Wildman–Crippen LogP) is 3.94. The third-order valence-corrected chi connectivity index (χ3v) is 3.68. The highest BCUT2D eigenvalue weighted by molar-refractivity contribution is 5.87. The summed E-state index contributed by atoms with van der Waals surface area (Å²) in [5.41, 5.74) is 1.22. The van der Waals surface area contributed by atoms with Crippen molar-refractivity contribution in [2.75, 3.05) is 27.4 Å². The molecule has 1 rings (SSSR count). The van der Waals surface area contributed by atoms with Crippen molar-refractivity contribution >= 4 is 18.0 Å². The molecule has 27 heavy (non-hydrogen) atoms. The van der Waals surface area contributed by atoms with Gasteiger partial charge in [0.25, 0.3) is 0 Å². The molecular formula is C21H28O6. The number of methoxy groups -OCH3 is 2. The summed E-state index contributed by atoms with van der Waals surface area (Å²) >= 11 is 0. The molecule has 0 heterocycles. The molecule has 0 unspecified atom stereocenters. The Balaban J connectivity index is 2.19. The summed E-state index contributed by atoms with van der Waals surface area (Å²) in [4.78, 5) is 22.9. The van der Waals surface area contributed by atoms with Gasteiger partial charge in [0.05, 0.1) is 27.4 Å². The minimum Gasteiger partial charge on any atom is -0.493 e. The van der Waals surface area contributed by atoms with E-state index in [9.17, 15) is 9.59 Å². The van der Waals surface area contributed by atoms with Crippen molar-refractivity contribution in [1.82, 2.24) is 0 Å². The summed E-state index contributed by atoms with van der Waals surface area (Å²) in [6.45, 7) is 5.89. The molecule has 0 fully saturated rings. The molecule has 0 N–H and O–H groups in total. The molecule has 0 saturated heterocycles. The van der Waals surface area contributed by atoms with E-state index in [2.05, 4.69) is 6.58 Å². The lowest BCUT2D eigenvalue weighted by molar-refractivity contribution is -0.139. The van der Waals surface area contributed by atoms with E-state index >= 15 is 0 Å². The lowest BCUT2D eigenvalue weighted by atomic mass is 10.2. The number of ether oxygens (including phenoxy) is 4. The van der Waals surface area contributed by atoms with Gasteiger partial charge in [-0.3, -0.25) is 0 Å². The number of benzene rings is 1. The quantitative estimate of drug-likeness (QED) is 0.313. The fraction of sp³-hybridized carbons (Fsp3) is 0.429. The highest BCUT2D eigenvalue weighted by Gasteiger charge is 2.04. The van der Waals surface area contributed by atoms with E-state index in [1.54, 1.807) is 39.4 Å². The first-order valence-electron chi connectivity index (χ1n) is 8.87. The number of unbranched alkanes of at least 4 members (excludes halogenated alkanes) is 3. The van der Waals surface area contributed by atoms with Gasteiger partial charge in [-0.05, 0) is 56.4 Å². The summed E-state index contributed by atoms with van der Waals surface area (Å²) in [6.07, 6.45) is 6.41. The molecule has 0 aliphatic carbocycles. The highest BCUT2D eigenvalue weighted by Crippen LogP contribution is 2.27. The smallest absolute Gasteiger partial charge is 0.333 e. The first kappa shape index (κ1) is 22.3. The monoisotopic (exact) mass is 376 g/mol. The standard InChI is InChI=1S/C21H28O6/c1-16(2)21(23)27-14-8-6-5-7-13-26-20(22)12-10-17-9-11-18(24-3)19(15-17)25-4/h9-12,15H,1,5-8,13-14H2,2-4H3. The molecule has 0 saturated carbocycles. The molecule has 1 aromatic carbocycles. The predicted molar refractivity (Wildman–Crippen MR) is 104 cm³/mol. The third kappa shape index (κ3) is 8.94. The van der Waals surface area contributed by atoms with Crippen molar-refractivity contribution in [2.24, 2.45) is 0 Å². The van der Waals surface area contributed by atoms with Crippen LogP contribution in [-0.2, 0) is 19.1 Å². The van der Waals surface area contributed by atoms with Crippen LogP contribution >= 0.6 is 0 Å². The van der Waals surface area contributed by atoms with Crippen LogP contribution in [0, 0.1) is 0 Å². The maximum atomic E-state index is 11.7. The van der Waals surface area contributed by atoms with Crippen molar-refractivity contribution in [1.29, 1.82) is 0 Å². The first-order chi connectivity index (χ1) is 13.0. The van der Waals surface area contributed by atoms with Gasteiger partial charge in [0.2, 0.25) is 0 Å². The van der Waals surface area contributed by atoms with Gasteiger partial charge in [-0.2, -0.15) is 0 Å². The maximum Gasteiger partial charge on any atom is 0.333 e. The molecule has 0 amide bonds. The molecular weight excluding hydrogens is 348 g/mol. The number of rotatable bonds is 12. The summed E-state index contributed by atoms with van der Waals surface area (Å²) in [5.74, 6) is 0.485. The fourth-order valence-corrected chi connectivity index (χ4v) is 2.19. The molecule has 0 aliphatic heterocycles. The molecule has 6 nitrogen and oxygen atoms in total.